The molecular weight excluding hydrogens is 220 g/mol. The molecule has 0 aliphatic rings. The Labute approximate surface area is 104 Å². The van der Waals surface area contributed by atoms with Crippen molar-refractivity contribution in [1.29, 1.82) is 0 Å². The second-order valence-electron chi connectivity index (χ2n) is 4.49. The first-order valence-corrected chi connectivity index (χ1v) is 6.10. The van der Waals surface area contributed by atoms with E-state index in [1.807, 2.05) is 13.8 Å². The number of rotatable bonds is 8. The van der Waals surface area contributed by atoms with Crippen LogP contribution >= 0.6 is 0 Å². The van der Waals surface area contributed by atoms with Crippen LogP contribution in [0.4, 0.5) is 0 Å². The maximum atomic E-state index is 12.3. The first-order chi connectivity index (χ1) is 7.97. The minimum absolute atomic E-state index is 0.000142. The van der Waals surface area contributed by atoms with Crippen molar-refractivity contribution in [2.75, 3.05) is 33.9 Å². The van der Waals surface area contributed by atoms with Gasteiger partial charge in [0.25, 0.3) is 0 Å². The summed E-state index contributed by atoms with van der Waals surface area (Å²) in [5.41, 5.74) is 5.22. The van der Waals surface area contributed by atoms with Gasteiger partial charge in [-0.15, -0.1) is 0 Å². The van der Waals surface area contributed by atoms with Gasteiger partial charge >= 0.3 is 0 Å². The van der Waals surface area contributed by atoms with Crippen molar-refractivity contribution in [2.45, 2.75) is 32.8 Å². The van der Waals surface area contributed by atoms with E-state index in [2.05, 4.69) is 0 Å². The molecule has 1 atom stereocenters. The van der Waals surface area contributed by atoms with Gasteiger partial charge in [-0.05, 0) is 12.8 Å². The molecule has 0 aliphatic carbocycles. The Balaban J connectivity index is 4.56. The number of carbonyl (C=O) groups is 1. The van der Waals surface area contributed by atoms with Crippen LogP contribution < -0.4 is 5.73 Å². The SMILES string of the molecule is CCC(CC)(CN)C(=O)N(C)CC(O)COC. The van der Waals surface area contributed by atoms with Gasteiger partial charge in [-0.3, -0.25) is 4.79 Å². The van der Waals surface area contributed by atoms with Gasteiger partial charge in [-0.25, -0.2) is 0 Å². The molecule has 5 nitrogen and oxygen atoms in total. The van der Waals surface area contributed by atoms with Crippen molar-refractivity contribution in [3.63, 3.8) is 0 Å². The summed E-state index contributed by atoms with van der Waals surface area (Å²) in [4.78, 5) is 13.8. The van der Waals surface area contributed by atoms with E-state index >= 15 is 0 Å². The predicted octanol–water partition coefficient (Wildman–Crippen LogP) is 0.217. The van der Waals surface area contributed by atoms with Crippen LogP contribution in [0.3, 0.4) is 0 Å². The summed E-state index contributed by atoms with van der Waals surface area (Å²) in [5.74, 6) is 0.000142. The molecule has 0 saturated heterocycles. The molecule has 0 aromatic rings. The molecule has 0 fully saturated rings. The van der Waals surface area contributed by atoms with Gasteiger partial charge < -0.3 is 20.5 Å². The van der Waals surface area contributed by atoms with E-state index in [-0.39, 0.29) is 19.1 Å². The van der Waals surface area contributed by atoms with Crippen LogP contribution in [0, 0.1) is 5.41 Å². The summed E-state index contributed by atoms with van der Waals surface area (Å²) in [5, 5.41) is 9.60. The molecule has 0 spiro atoms. The highest BCUT2D eigenvalue weighted by Crippen LogP contribution is 2.27. The number of carbonyl (C=O) groups excluding carboxylic acids is 1. The first kappa shape index (κ1) is 16.4. The number of amides is 1. The molecule has 0 aromatic carbocycles. The fourth-order valence-electron chi connectivity index (χ4n) is 1.98. The summed E-state index contributed by atoms with van der Waals surface area (Å²) in [6.45, 7) is 4.77. The Morgan fingerprint density at radius 3 is 2.35 bits per heavy atom. The molecule has 0 heterocycles. The minimum atomic E-state index is -0.655. The Morgan fingerprint density at radius 2 is 2.00 bits per heavy atom. The second-order valence-corrected chi connectivity index (χ2v) is 4.49. The molecule has 0 bridgehead atoms. The summed E-state index contributed by atoms with van der Waals surface area (Å²) < 4.78 is 4.84. The Kier molecular flexibility index (Phi) is 7.34. The molecule has 0 saturated carbocycles. The molecule has 0 aromatic heterocycles. The zero-order valence-corrected chi connectivity index (χ0v) is 11.4. The Bertz CT molecular complexity index is 222. The summed E-state index contributed by atoms with van der Waals surface area (Å²) in [6, 6.07) is 0. The predicted molar refractivity (Wildman–Crippen MR) is 67.6 cm³/mol. The average molecular weight is 246 g/mol. The molecule has 102 valence electrons. The quantitative estimate of drug-likeness (QED) is 0.642. The van der Waals surface area contributed by atoms with Gasteiger partial charge in [0.2, 0.25) is 5.91 Å². The molecule has 0 radical (unpaired) electrons. The standard InChI is InChI=1S/C12H26N2O3/c1-5-12(6-2,9-13)11(16)14(3)7-10(15)8-17-4/h10,15H,5-9,13H2,1-4H3. The number of hydrogen-bond acceptors (Lipinski definition) is 4. The summed E-state index contributed by atoms with van der Waals surface area (Å²) >= 11 is 0. The lowest BCUT2D eigenvalue weighted by Crippen LogP contribution is -2.48. The van der Waals surface area contributed by atoms with E-state index in [1.165, 1.54) is 7.11 Å². The number of nitrogens with two attached hydrogens (primary N) is 1. The fraction of sp³-hybridized carbons (Fsp3) is 0.917. The van der Waals surface area contributed by atoms with Gasteiger partial charge in [0.05, 0.1) is 18.1 Å². The molecule has 1 amide bonds. The molecule has 5 heteroatoms. The first-order valence-electron chi connectivity index (χ1n) is 6.10. The van der Waals surface area contributed by atoms with Gasteiger partial charge in [-0.1, -0.05) is 13.8 Å². The highest BCUT2D eigenvalue weighted by Gasteiger charge is 2.35. The molecular formula is C12H26N2O3. The number of likely N-dealkylation sites (N-methyl/N-ethyl adjacent to an activating group) is 1. The number of aliphatic hydroxyl groups excluding tert-OH is 1. The summed E-state index contributed by atoms with van der Waals surface area (Å²) in [7, 11) is 3.21. The van der Waals surface area contributed by atoms with Crippen molar-refractivity contribution in [2.24, 2.45) is 11.1 Å². The third-order valence-electron chi connectivity index (χ3n) is 3.39. The van der Waals surface area contributed by atoms with Crippen LogP contribution in [0.25, 0.3) is 0 Å². The van der Waals surface area contributed by atoms with E-state index in [0.29, 0.717) is 19.4 Å². The zero-order chi connectivity index (χ0) is 13.5. The van der Waals surface area contributed by atoms with Crippen LogP contribution in [0.5, 0.6) is 0 Å². The minimum Gasteiger partial charge on any atom is -0.389 e. The third kappa shape index (κ3) is 4.26. The number of methoxy groups -OCH3 is 1. The molecule has 0 aliphatic heterocycles. The van der Waals surface area contributed by atoms with Gasteiger partial charge in [0.15, 0.2) is 0 Å². The van der Waals surface area contributed by atoms with E-state index < -0.39 is 11.5 Å². The van der Waals surface area contributed by atoms with E-state index in [0.717, 1.165) is 0 Å². The van der Waals surface area contributed by atoms with Gasteiger partial charge in [-0.2, -0.15) is 0 Å². The normalized spacial score (nSPS) is 13.5. The number of hydrogen-bond donors (Lipinski definition) is 2. The van der Waals surface area contributed by atoms with Crippen molar-refractivity contribution in [3.05, 3.63) is 0 Å². The van der Waals surface area contributed by atoms with Gasteiger partial charge in [0, 0.05) is 27.2 Å². The monoisotopic (exact) mass is 246 g/mol. The van der Waals surface area contributed by atoms with Crippen LogP contribution in [0.1, 0.15) is 26.7 Å². The topological polar surface area (TPSA) is 75.8 Å². The fourth-order valence-corrected chi connectivity index (χ4v) is 1.98. The smallest absolute Gasteiger partial charge is 0.229 e. The molecule has 17 heavy (non-hydrogen) atoms. The number of aliphatic hydroxyl groups is 1. The van der Waals surface area contributed by atoms with Gasteiger partial charge in [0.1, 0.15) is 0 Å². The van der Waals surface area contributed by atoms with Crippen LogP contribution in [-0.2, 0) is 9.53 Å². The Morgan fingerprint density at radius 1 is 1.47 bits per heavy atom. The maximum absolute atomic E-state index is 12.3. The van der Waals surface area contributed by atoms with Crippen molar-refractivity contribution in [3.8, 4) is 0 Å². The molecule has 0 rings (SSSR count). The highest BCUT2D eigenvalue weighted by molar-refractivity contribution is 5.82. The van der Waals surface area contributed by atoms with Crippen LogP contribution in [0.2, 0.25) is 0 Å². The lowest BCUT2D eigenvalue weighted by molar-refractivity contribution is -0.142. The zero-order valence-electron chi connectivity index (χ0n) is 11.4. The highest BCUT2D eigenvalue weighted by atomic mass is 16.5. The molecule has 3 N–H and O–H groups in total. The van der Waals surface area contributed by atoms with Crippen molar-refractivity contribution in [1.82, 2.24) is 4.90 Å². The maximum Gasteiger partial charge on any atom is 0.229 e. The van der Waals surface area contributed by atoms with E-state index in [4.69, 9.17) is 10.5 Å². The Hall–Kier alpha value is -0.650. The van der Waals surface area contributed by atoms with E-state index in [9.17, 15) is 9.90 Å². The molecule has 1 unspecified atom stereocenters. The number of nitrogens with zero attached hydrogens (tertiary/aromatic N) is 1. The van der Waals surface area contributed by atoms with E-state index in [1.54, 1.807) is 11.9 Å². The average Bonchev–Trinajstić information content (AvgIpc) is 2.32. The van der Waals surface area contributed by atoms with Crippen LogP contribution in [0.15, 0.2) is 0 Å². The largest absolute Gasteiger partial charge is 0.389 e. The van der Waals surface area contributed by atoms with Crippen molar-refractivity contribution >= 4 is 5.91 Å². The summed E-state index contributed by atoms with van der Waals surface area (Å²) in [6.07, 6.45) is 0.769. The lowest BCUT2D eigenvalue weighted by Gasteiger charge is -2.34. The van der Waals surface area contributed by atoms with Crippen LogP contribution in [-0.4, -0.2) is 55.9 Å². The second kappa shape index (κ2) is 7.63. The number of ether oxygens (including phenoxy) is 1. The third-order valence-corrected chi connectivity index (χ3v) is 3.39. The van der Waals surface area contributed by atoms with Crippen molar-refractivity contribution < 1.29 is 14.6 Å². The lowest BCUT2D eigenvalue weighted by atomic mass is 9.81.